The first-order valence-corrected chi connectivity index (χ1v) is 8.14. The van der Waals surface area contributed by atoms with Gasteiger partial charge >= 0.3 is 12.1 Å². The molecule has 1 aliphatic heterocycles. The van der Waals surface area contributed by atoms with Crippen molar-refractivity contribution in [3.05, 3.63) is 29.8 Å². The van der Waals surface area contributed by atoms with Crippen LogP contribution in [0.15, 0.2) is 24.3 Å². The molecule has 1 N–H and O–H groups in total. The summed E-state index contributed by atoms with van der Waals surface area (Å²) in [4.78, 5) is 25.3. The van der Waals surface area contributed by atoms with Gasteiger partial charge < -0.3 is 19.5 Å². The van der Waals surface area contributed by atoms with Crippen LogP contribution in [-0.4, -0.2) is 47.4 Å². The Bertz CT molecular complexity index is 590. The molecule has 0 aliphatic carbocycles. The number of carbonyl (C=O) groups is 2. The lowest BCUT2D eigenvalue weighted by Gasteiger charge is -2.24. The lowest BCUT2D eigenvalue weighted by atomic mass is 9.89. The van der Waals surface area contributed by atoms with Crippen molar-refractivity contribution in [1.29, 1.82) is 0 Å². The maximum absolute atomic E-state index is 12.2. The van der Waals surface area contributed by atoms with Crippen LogP contribution >= 0.6 is 0 Å². The van der Waals surface area contributed by atoms with Gasteiger partial charge in [-0.1, -0.05) is 12.1 Å². The van der Waals surface area contributed by atoms with Gasteiger partial charge in [0, 0.05) is 19.0 Å². The fourth-order valence-electron chi connectivity index (χ4n) is 2.85. The van der Waals surface area contributed by atoms with E-state index >= 15 is 0 Å². The van der Waals surface area contributed by atoms with Crippen LogP contribution < -0.4 is 4.74 Å². The lowest BCUT2D eigenvalue weighted by molar-refractivity contribution is -0.141. The molecule has 0 unspecified atom stereocenters. The van der Waals surface area contributed by atoms with E-state index in [4.69, 9.17) is 9.47 Å². The highest BCUT2D eigenvalue weighted by molar-refractivity contribution is 5.76. The van der Waals surface area contributed by atoms with E-state index in [-0.39, 0.29) is 12.5 Å². The summed E-state index contributed by atoms with van der Waals surface area (Å²) in [5.74, 6) is -1.06. The van der Waals surface area contributed by atoms with E-state index in [9.17, 15) is 14.7 Å². The standard InChI is InChI=1S/C18H25NO5/c1-5-23-13-8-6-12(7-9-13)14-10-19(11-15(14)16(20)21)17(22)24-18(2,3)4/h6-9,14-15H,5,10-11H2,1-4H3,(H,20,21)/t14-,15-/m1/s1. The molecule has 2 rings (SSSR count). The minimum absolute atomic E-state index is 0.155. The van der Waals surface area contributed by atoms with Crippen molar-refractivity contribution >= 4 is 12.1 Å². The Morgan fingerprint density at radius 3 is 2.33 bits per heavy atom. The summed E-state index contributed by atoms with van der Waals surface area (Å²) in [6.45, 7) is 8.34. The zero-order chi connectivity index (χ0) is 17.9. The summed E-state index contributed by atoms with van der Waals surface area (Å²) >= 11 is 0. The second-order valence-corrected chi connectivity index (χ2v) is 6.94. The van der Waals surface area contributed by atoms with Gasteiger partial charge in [-0.3, -0.25) is 4.79 Å². The molecule has 132 valence electrons. The summed E-state index contributed by atoms with van der Waals surface area (Å²) in [5.41, 5.74) is 0.282. The van der Waals surface area contributed by atoms with Crippen molar-refractivity contribution in [3.8, 4) is 5.75 Å². The van der Waals surface area contributed by atoms with Gasteiger partial charge in [0.2, 0.25) is 0 Å². The molecule has 0 bridgehead atoms. The number of benzene rings is 1. The molecule has 0 radical (unpaired) electrons. The molecule has 6 nitrogen and oxygen atoms in total. The second kappa shape index (κ2) is 7.11. The van der Waals surface area contributed by atoms with Gasteiger partial charge in [-0.25, -0.2) is 4.79 Å². The van der Waals surface area contributed by atoms with Crippen LogP contribution in [0.4, 0.5) is 4.79 Å². The zero-order valence-corrected chi connectivity index (χ0v) is 14.6. The summed E-state index contributed by atoms with van der Waals surface area (Å²) in [5, 5.41) is 9.51. The fraction of sp³-hybridized carbons (Fsp3) is 0.556. The molecule has 1 aromatic carbocycles. The molecule has 0 aromatic heterocycles. The highest BCUT2D eigenvalue weighted by Crippen LogP contribution is 2.34. The van der Waals surface area contributed by atoms with E-state index in [1.165, 1.54) is 4.90 Å². The molecular weight excluding hydrogens is 310 g/mol. The number of ether oxygens (including phenoxy) is 2. The number of nitrogens with zero attached hydrogens (tertiary/aromatic N) is 1. The van der Waals surface area contributed by atoms with Gasteiger partial charge in [0.1, 0.15) is 11.4 Å². The van der Waals surface area contributed by atoms with Gasteiger partial charge in [0.15, 0.2) is 0 Å². The highest BCUT2D eigenvalue weighted by atomic mass is 16.6. The van der Waals surface area contributed by atoms with E-state index in [0.29, 0.717) is 13.2 Å². The van der Waals surface area contributed by atoms with Crippen LogP contribution in [0.25, 0.3) is 0 Å². The topological polar surface area (TPSA) is 76.1 Å². The minimum Gasteiger partial charge on any atom is -0.494 e. The average molecular weight is 335 g/mol. The average Bonchev–Trinajstić information content (AvgIpc) is 2.92. The number of carboxylic acid groups (broad SMARTS) is 1. The van der Waals surface area contributed by atoms with Crippen LogP contribution in [0.2, 0.25) is 0 Å². The first-order valence-electron chi connectivity index (χ1n) is 8.14. The Kier molecular flexibility index (Phi) is 5.36. The molecule has 1 amide bonds. The number of likely N-dealkylation sites (tertiary alicyclic amines) is 1. The van der Waals surface area contributed by atoms with Crippen LogP contribution in [-0.2, 0) is 9.53 Å². The van der Waals surface area contributed by atoms with Crippen molar-refractivity contribution in [2.75, 3.05) is 19.7 Å². The van der Waals surface area contributed by atoms with Crippen molar-refractivity contribution in [1.82, 2.24) is 4.90 Å². The Labute approximate surface area is 142 Å². The Hall–Kier alpha value is -2.24. The van der Waals surface area contributed by atoms with Crippen molar-refractivity contribution in [2.24, 2.45) is 5.92 Å². The van der Waals surface area contributed by atoms with Crippen molar-refractivity contribution < 1.29 is 24.2 Å². The predicted octanol–water partition coefficient (Wildman–Crippen LogP) is 3.12. The normalized spacial score (nSPS) is 20.8. The van der Waals surface area contributed by atoms with Crippen LogP contribution in [0.1, 0.15) is 39.2 Å². The monoisotopic (exact) mass is 335 g/mol. The van der Waals surface area contributed by atoms with E-state index in [0.717, 1.165) is 11.3 Å². The molecule has 1 saturated heterocycles. The summed E-state index contributed by atoms with van der Waals surface area (Å²) in [7, 11) is 0. The summed E-state index contributed by atoms with van der Waals surface area (Å²) < 4.78 is 10.8. The third-order valence-corrected chi connectivity index (χ3v) is 3.91. The number of rotatable bonds is 4. The maximum atomic E-state index is 12.2. The minimum atomic E-state index is -0.903. The Morgan fingerprint density at radius 1 is 1.21 bits per heavy atom. The molecule has 0 saturated carbocycles. The number of amides is 1. The largest absolute Gasteiger partial charge is 0.494 e. The molecule has 24 heavy (non-hydrogen) atoms. The van der Waals surface area contributed by atoms with Crippen molar-refractivity contribution in [2.45, 2.75) is 39.2 Å². The molecule has 2 atom stereocenters. The second-order valence-electron chi connectivity index (χ2n) is 6.94. The van der Waals surface area contributed by atoms with Crippen LogP contribution in [0, 0.1) is 5.92 Å². The van der Waals surface area contributed by atoms with E-state index in [2.05, 4.69) is 0 Å². The summed E-state index contributed by atoms with van der Waals surface area (Å²) in [6, 6.07) is 7.39. The highest BCUT2D eigenvalue weighted by Gasteiger charge is 2.41. The van der Waals surface area contributed by atoms with Gasteiger partial charge in [-0.2, -0.15) is 0 Å². The number of carbonyl (C=O) groups excluding carboxylic acids is 1. The van der Waals surface area contributed by atoms with Crippen LogP contribution in [0.3, 0.4) is 0 Å². The predicted molar refractivity (Wildman–Crippen MR) is 89.3 cm³/mol. The van der Waals surface area contributed by atoms with Gasteiger partial charge in [0.05, 0.1) is 12.5 Å². The molecular formula is C18H25NO5. The summed E-state index contributed by atoms with van der Waals surface area (Å²) in [6.07, 6.45) is -0.470. The molecule has 1 fully saturated rings. The lowest BCUT2D eigenvalue weighted by Crippen LogP contribution is -2.35. The number of carboxylic acids is 1. The molecule has 6 heteroatoms. The van der Waals surface area contributed by atoms with Gasteiger partial charge in [-0.15, -0.1) is 0 Å². The van der Waals surface area contributed by atoms with Gasteiger partial charge in [0.25, 0.3) is 0 Å². The first-order chi connectivity index (χ1) is 11.2. The number of hydrogen-bond donors (Lipinski definition) is 1. The van der Waals surface area contributed by atoms with Gasteiger partial charge in [-0.05, 0) is 45.4 Å². The van der Waals surface area contributed by atoms with E-state index < -0.39 is 23.6 Å². The van der Waals surface area contributed by atoms with Crippen molar-refractivity contribution in [3.63, 3.8) is 0 Å². The Balaban J connectivity index is 2.15. The molecule has 1 aromatic rings. The SMILES string of the molecule is CCOc1ccc([C@H]2CN(C(=O)OC(C)(C)C)C[C@H]2C(=O)O)cc1. The molecule has 1 heterocycles. The third-order valence-electron chi connectivity index (χ3n) is 3.91. The van der Waals surface area contributed by atoms with E-state index in [1.807, 2.05) is 31.2 Å². The van der Waals surface area contributed by atoms with Crippen LogP contribution in [0.5, 0.6) is 5.75 Å². The third kappa shape index (κ3) is 4.40. The fourth-order valence-corrected chi connectivity index (χ4v) is 2.85. The zero-order valence-electron chi connectivity index (χ0n) is 14.6. The number of aliphatic carboxylic acids is 1. The van der Waals surface area contributed by atoms with E-state index in [1.54, 1.807) is 20.8 Å². The Morgan fingerprint density at radius 2 is 1.83 bits per heavy atom. The smallest absolute Gasteiger partial charge is 0.410 e. The first kappa shape index (κ1) is 18.1. The molecule has 0 spiro atoms. The molecule has 1 aliphatic rings. The quantitative estimate of drug-likeness (QED) is 0.915. The maximum Gasteiger partial charge on any atom is 0.410 e. The number of hydrogen-bond acceptors (Lipinski definition) is 4.